The van der Waals surface area contributed by atoms with Gasteiger partial charge < -0.3 is 14.8 Å². The lowest BCUT2D eigenvalue weighted by atomic mass is 10.1. The fourth-order valence-corrected chi connectivity index (χ4v) is 3.95. The Kier molecular flexibility index (Phi) is 7.07. The third kappa shape index (κ3) is 4.69. The molecule has 0 bridgehead atoms. The van der Waals surface area contributed by atoms with Gasteiger partial charge in [0.25, 0.3) is 11.8 Å². The van der Waals surface area contributed by atoms with Gasteiger partial charge in [0.15, 0.2) is 5.82 Å². The third-order valence-electron chi connectivity index (χ3n) is 5.50. The Morgan fingerprint density at radius 2 is 1.86 bits per heavy atom. The number of amides is 2. The van der Waals surface area contributed by atoms with Crippen molar-refractivity contribution in [3.63, 3.8) is 0 Å². The highest BCUT2D eigenvalue weighted by Gasteiger charge is 2.29. The number of imidazole rings is 1. The smallest absolute Gasteiger partial charge is 0.289 e. The summed E-state index contributed by atoms with van der Waals surface area (Å²) in [6.45, 7) is 8.81. The summed E-state index contributed by atoms with van der Waals surface area (Å²) >= 11 is 0. The Bertz CT molecular complexity index is 866. The molecular weight excluding hydrogens is 364 g/mol. The fraction of sp³-hybridized carbons (Fsp3) is 0.522. The predicted molar refractivity (Wildman–Crippen MR) is 114 cm³/mol. The van der Waals surface area contributed by atoms with Crippen LogP contribution in [0, 0.1) is 6.92 Å². The summed E-state index contributed by atoms with van der Waals surface area (Å²) in [6.07, 6.45) is 4.63. The first-order chi connectivity index (χ1) is 14.1. The van der Waals surface area contributed by atoms with E-state index < -0.39 is 0 Å². The lowest BCUT2D eigenvalue weighted by Gasteiger charge is -2.23. The van der Waals surface area contributed by atoms with Crippen LogP contribution in [0.25, 0.3) is 0 Å². The molecule has 2 aromatic rings. The van der Waals surface area contributed by atoms with Gasteiger partial charge in [0.05, 0.1) is 5.69 Å². The van der Waals surface area contributed by atoms with Crippen molar-refractivity contribution in [3.8, 4) is 0 Å². The maximum Gasteiger partial charge on any atom is 0.289 e. The van der Waals surface area contributed by atoms with Crippen molar-refractivity contribution in [2.24, 2.45) is 0 Å². The van der Waals surface area contributed by atoms with Crippen LogP contribution in [0.1, 0.15) is 77.5 Å². The molecule has 0 aliphatic carbocycles. The van der Waals surface area contributed by atoms with E-state index in [9.17, 15) is 9.59 Å². The molecule has 156 valence electrons. The van der Waals surface area contributed by atoms with E-state index in [2.05, 4.69) is 24.1 Å². The molecule has 6 nitrogen and oxygen atoms in total. The molecule has 2 amide bonds. The van der Waals surface area contributed by atoms with Crippen LogP contribution < -0.4 is 5.32 Å². The van der Waals surface area contributed by atoms with Crippen molar-refractivity contribution < 1.29 is 9.59 Å². The van der Waals surface area contributed by atoms with Gasteiger partial charge in [-0.15, -0.1) is 0 Å². The normalized spacial score (nSPS) is 13.1. The number of aryl methyl sites for hydroxylation is 1. The van der Waals surface area contributed by atoms with Crippen LogP contribution in [0.15, 0.2) is 24.3 Å². The summed E-state index contributed by atoms with van der Waals surface area (Å²) in [5, 5.41) is 3.00. The Hall–Kier alpha value is -2.63. The lowest BCUT2D eigenvalue weighted by Crippen LogP contribution is -2.35. The molecule has 1 N–H and O–H groups in total. The summed E-state index contributed by atoms with van der Waals surface area (Å²) in [4.78, 5) is 32.5. The van der Waals surface area contributed by atoms with Crippen molar-refractivity contribution >= 4 is 11.8 Å². The molecule has 0 atom stereocenters. The first kappa shape index (κ1) is 21.1. The maximum absolute atomic E-state index is 13.2. The molecule has 1 aliphatic rings. The van der Waals surface area contributed by atoms with Crippen LogP contribution in [-0.4, -0.2) is 39.4 Å². The number of rotatable bonds is 8. The maximum atomic E-state index is 13.2. The average molecular weight is 397 g/mol. The van der Waals surface area contributed by atoms with E-state index >= 15 is 0 Å². The molecule has 0 fully saturated rings. The minimum atomic E-state index is -0.199. The Morgan fingerprint density at radius 3 is 2.55 bits per heavy atom. The van der Waals surface area contributed by atoms with Gasteiger partial charge in [-0.2, -0.15) is 0 Å². The zero-order valence-electron chi connectivity index (χ0n) is 17.8. The highest BCUT2D eigenvalue weighted by Crippen LogP contribution is 2.22. The minimum absolute atomic E-state index is 0.0604. The highest BCUT2D eigenvalue weighted by atomic mass is 16.2. The molecule has 1 aromatic heterocycles. The number of hydrogen-bond donors (Lipinski definition) is 1. The topological polar surface area (TPSA) is 67.2 Å². The zero-order valence-corrected chi connectivity index (χ0v) is 17.8. The van der Waals surface area contributed by atoms with E-state index in [0.29, 0.717) is 31.2 Å². The molecule has 0 unspecified atom stereocenters. The Balaban J connectivity index is 1.85. The highest BCUT2D eigenvalue weighted by molar-refractivity contribution is 5.97. The molecule has 0 saturated heterocycles. The standard InChI is InChI=1S/C23H32N4O2/c1-4-13-26(14-5-2)23(29)21-25-20(19-12-8-9-15-27(19)21)22(28)24-16-18-11-7-6-10-17(18)3/h6-7,10-11H,4-5,8-9,12-16H2,1-3H3,(H,24,28). The summed E-state index contributed by atoms with van der Waals surface area (Å²) in [6, 6.07) is 8.01. The van der Waals surface area contributed by atoms with Crippen LogP contribution in [0.3, 0.4) is 0 Å². The third-order valence-corrected chi connectivity index (χ3v) is 5.50. The number of nitrogens with zero attached hydrogens (tertiary/aromatic N) is 3. The van der Waals surface area contributed by atoms with E-state index in [-0.39, 0.29) is 11.8 Å². The molecule has 29 heavy (non-hydrogen) atoms. The molecule has 6 heteroatoms. The molecule has 1 aliphatic heterocycles. The van der Waals surface area contributed by atoms with Gasteiger partial charge in [-0.3, -0.25) is 9.59 Å². The zero-order chi connectivity index (χ0) is 20.8. The number of fused-ring (bicyclic) bond motifs is 1. The number of carbonyl (C=O) groups excluding carboxylic acids is 2. The van der Waals surface area contributed by atoms with Crippen LogP contribution in [0.5, 0.6) is 0 Å². The molecule has 0 saturated carbocycles. The molecule has 0 spiro atoms. The molecule has 0 radical (unpaired) electrons. The number of aromatic nitrogens is 2. The van der Waals surface area contributed by atoms with Gasteiger partial charge in [0.2, 0.25) is 0 Å². The van der Waals surface area contributed by atoms with E-state index in [4.69, 9.17) is 0 Å². The molecule has 2 heterocycles. The molecular formula is C23H32N4O2. The first-order valence-corrected chi connectivity index (χ1v) is 10.8. The fourth-order valence-electron chi connectivity index (χ4n) is 3.95. The molecule has 3 rings (SSSR count). The second-order valence-electron chi connectivity index (χ2n) is 7.74. The van der Waals surface area contributed by atoms with Crippen molar-refractivity contribution in [3.05, 3.63) is 52.6 Å². The number of nitrogens with one attached hydrogen (secondary N) is 1. The summed E-state index contributed by atoms with van der Waals surface area (Å²) in [7, 11) is 0. The van der Waals surface area contributed by atoms with Gasteiger partial charge in [-0.25, -0.2) is 4.98 Å². The first-order valence-electron chi connectivity index (χ1n) is 10.8. The quantitative estimate of drug-likeness (QED) is 0.739. The summed E-state index contributed by atoms with van der Waals surface area (Å²) in [5.74, 6) is 0.160. The van der Waals surface area contributed by atoms with Crippen molar-refractivity contribution in [1.82, 2.24) is 19.8 Å². The Labute approximate surface area is 173 Å². The SMILES string of the molecule is CCCN(CCC)C(=O)c1nc(C(=O)NCc2ccccc2C)c2n1CCCC2. The second kappa shape index (κ2) is 9.72. The van der Waals surface area contributed by atoms with Crippen molar-refractivity contribution in [2.45, 2.75) is 66.0 Å². The predicted octanol–water partition coefficient (Wildman–Crippen LogP) is 3.72. The van der Waals surface area contributed by atoms with Crippen LogP contribution in [0.2, 0.25) is 0 Å². The Morgan fingerprint density at radius 1 is 1.14 bits per heavy atom. The number of hydrogen-bond acceptors (Lipinski definition) is 3. The second-order valence-corrected chi connectivity index (χ2v) is 7.74. The lowest BCUT2D eigenvalue weighted by molar-refractivity contribution is 0.0737. The van der Waals surface area contributed by atoms with Crippen LogP contribution in [0.4, 0.5) is 0 Å². The van der Waals surface area contributed by atoms with Crippen molar-refractivity contribution in [1.29, 1.82) is 0 Å². The monoisotopic (exact) mass is 396 g/mol. The van der Waals surface area contributed by atoms with Crippen LogP contribution >= 0.6 is 0 Å². The summed E-state index contributed by atoms with van der Waals surface area (Å²) < 4.78 is 1.98. The van der Waals surface area contributed by atoms with Gasteiger partial charge in [-0.1, -0.05) is 38.1 Å². The number of benzene rings is 1. The van der Waals surface area contributed by atoms with E-state index in [1.807, 2.05) is 40.7 Å². The number of carbonyl (C=O) groups is 2. The average Bonchev–Trinajstić information content (AvgIpc) is 3.12. The van der Waals surface area contributed by atoms with E-state index in [1.54, 1.807) is 0 Å². The van der Waals surface area contributed by atoms with Gasteiger partial charge in [0.1, 0.15) is 5.69 Å². The van der Waals surface area contributed by atoms with Crippen molar-refractivity contribution in [2.75, 3.05) is 13.1 Å². The van der Waals surface area contributed by atoms with Gasteiger partial charge in [0, 0.05) is 26.2 Å². The van der Waals surface area contributed by atoms with E-state index in [1.165, 1.54) is 0 Å². The molecule has 1 aromatic carbocycles. The van der Waals surface area contributed by atoms with Gasteiger partial charge >= 0.3 is 0 Å². The largest absolute Gasteiger partial charge is 0.347 e. The van der Waals surface area contributed by atoms with Gasteiger partial charge in [-0.05, 0) is 50.2 Å². The minimum Gasteiger partial charge on any atom is -0.347 e. The summed E-state index contributed by atoms with van der Waals surface area (Å²) in [5.41, 5.74) is 3.54. The van der Waals surface area contributed by atoms with E-state index in [0.717, 1.165) is 55.5 Å². The van der Waals surface area contributed by atoms with Crippen LogP contribution in [-0.2, 0) is 19.5 Å².